The standard InChI is InChI=1S/C23H18N2O3S.CH4/c1-2-27-23(26)17-3-5-19(6-4-17)25-13-18(12-24)21-11-20(7-8-22(21)25)28-14-16-9-10-29-15-16;/h3-11,13,15H,2,14H2,1H3;1H4. The van der Waals surface area contributed by atoms with Crippen molar-refractivity contribution >= 4 is 28.2 Å². The summed E-state index contributed by atoms with van der Waals surface area (Å²) in [5.74, 6) is 0.372. The highest BCUT2D eigenvalue weighted by Crippen LogP contribution is 2.29. The van der Waals surface area contributed by atoms with Crippen molar-refractivity contribution in [1.29, 1.82) is 5.26 Å². The fourth-order valence-corrected chi connectivity index (χ4v) is 3.77. The summed E-state index contributed by atoms with van der Waals surface area (Å²) < 4.78 is 12.8. The highest BCUT2D eigenvalue weighted by molar-refractivity contribution is 7.07. The minimum absolute atomic E-state index is 0. The molecule has 4 aromatic rings. The lowest BCUT2D eigenvalue weighted by Gasteiger charge is -2.08. The van der Waals surface area contributed by atoms with Crippen molar-refractivity contribution in [3.8, 4) is 17.5 Å². The lowest BCUT2D eigenvalue weighted by molar-refractivity contribution is 0.0526. The number of hydrogen-bond acceptors (Lipinski definition) is 5. The first kappa shape index (κ1) is 21.2. The average molecular weight is 419 g/mol. The highest BCUT2D eigenvalue weighted by atomic mass is 32.1. The first-order valence-electron chi connectivity index (χ1n) is 9.16. The first-order chi connectivity index (χ1) is 14.2. The van der Waals surface area contributed by atoms with Crippen LogP contribution in [0.25, 0.3) is 16.6 Å². The number of rotatable bonds is 6. The molecule has 2 aromatic heterocycles. The zero-order valence-electron chi connectivity index (χ0n) is 15.8. The van der Waals surface area contributed by atoms with Gasteiger partial charge in [-0.25, -0.2) is 4.79 Å². The molecule has 0 amide bonds. The summed E-state index contributed by atoms with van der Waals surface area (Å²) in [5, 5.41) is 14.5. The predicted octanol–water partition coefficient (Wildman–Crippen LogP) is 5.96. The Morgan fingerprint density at radius 3 is 2.63 bits per heavy atom. The van der Waals surface area contributed by atoms with Gasteiger partial charge in [0, 0.05) is 17.3 Å². The average Bonchev–Trinajstić information content (AvgIpc) is 3.40. The molecule has 0 unspecified atom stereocenters. The van der Waals surface area contributed by atoms with Gasteiger partial charge in [-0.05, 0) is 71.8 Å². The number of hydrogen-bond donors (Lipinski definition) is 0. The molecule has 2 aromatic carbocycles. The molecule has 6 heteroatoms. The van der Waals surface area contributed by atoms with Crippen molar-refractivity contribution < 1.29 is 14.3 Å². The number of carbonyl (C=O) groups excluding carboxylic acids is 1. The number of nitrogens with zero attached hydrogens (tertiary/aromatic N) is 2. The van der Waals surface area contributed by atoms with Gasteiger partial charge in [0.15, 0.2) is 0 Å². The molecule has 0 atom stereocenters. The molecule has 0 aliphatic rings. The van der Waals surface area contributed by atoms with Crippen LogP contribution in [0.2, 0.25) is 0 Å². The summed E-state index contributed by atoms with van der Waals surface area (Å²) in [6, 6.07) is 17.2. The molecule has 0 spiro atoms. The Morgan fingerprint density at radius 1 is 1.17 bits per heavy atom. The second-order valence-corrected chi connectivity index (χ2v) is 7.17. The summed E-state index contributed by atoms with van der Waals surface area (Å²) in [6.45, 7) is 2.61. The smallest absolute Gasteiger partial charge is 0.338 e. The van der Waals surface area contributed by atoms with Gasteiger partial charge < -0.3 is 14.0 Å². The molecular weight excluding hydrogens is 396 g/mol. The van der Waals surface area contributed by atoms with Gasteiger partial charge in [-0.2, -0.15) is 16.6 Å². The van der Waals surface area contributed by atoms with Gasteiger partial charge in [0.1, 0.15) is 18.4 Å². The van der Waals surface area contributed by atoms with Crippen LogP contribution in [0.3, 0.4) is 0 Å². The Balaban J connectivity index is 0.00000256. The molecule has 30 heavy (non-hydrogen) atoms. The minimum Gasteiger partial charge on any atom is -0.489 e. The fraction of sp³-hybridized carbons (Fsp3) is 0.167. The molecule has 0 saturated carbocycles. The van der Waals surface area contributed by atoms with E-state index in [1.54, 1.807) is 36.6 Å². The molecule has 0 aliphatic heterocycles. The SMILES string of the molecule is C.CCOC(=O)c1ccc(-n2cc(C#N)c3cc(OCc4ccsc4)ccc32)cc1. The molecule has 0 N–H and O–H groups in total. The van der Waals surface area contributed by atoms with Crippen molar-refractivity contribution in [3.63, 3.8) is 0 Å². The molecule has 2 heterocycles. The molecule has 0 bridgehead atoms. The van der Waals surface area contributed by atoms with E-state index in [1.165, 1.54) is 0 Å². The van der Waals surface area contributed by atoms with Crippen molar-refractivity contribution in [2.24, 2.45) is 0 Å². The molecule has 5 nitrogen and oxygen atoms in total. The van der Waals surface area contributed by atoms with Crippen LogP contribution in [-0.4, -0.2) is 17.1 Å². The van der Waals surface area contributed by atoms with E-state index in [1.807, 2.05) is 46.3 Å². The maximum absolute atomic E-state index is 11.9. The Bertz CT molecular complexity index is 1190. The molecule has 0 saturated heterocycles. The van der Waals surface area contributed by atoms with E-state index in [2.05, 4.69) is 11.4 Å². The maximum Gasteiger partial charge on any atom is 0.338 e. The van der Waals surface area contributed by atoms with Crippen molar-refractivity contribution in [2.75, 3.05) is 6.61 Å². The van der Waals surface area contributed by atoms with Crippen molar-refractivity contribution in [2.45, 2.75) is 21.0 Å². The third-order valence-corrected chi connectivity index (χ3v) is 5.27. The van der Waals surface area contributed by atoms with E-state index in [0.717, 1.165) is 27.9 Å². The Labute approximate surface area is 179 Å². The summed E-state index contributed by atoms with van der Waals surface area (Å²) in [6.07, 6.45) is 1.80. The lowest BCUT2D eigenvalue weighted by Crippen LogP contribution is -2.04. The van der Waals surface area contributed by atoms with E-state index in [-0.39, 0.29) is 13.4 Å². The minimum atomic E-state index is -0.346. The number of nitriles is 1. The number of fused-ring (bicyclic) bond motifs is 1. The molecule has 152 valence electrons. The number of ether oxygens (including phenoxy) is 2. The van der Waals surface area contributed by atoms with Crippen LogP contribution in [0.5, 0.6) is 5.75 Å². The highest BCUT2D eigenvalue weighted by Gasteiger charge is 2.12. The lowest BCUT2D eigenvalue weighted by atomic mass is 10.2. The first-order valence-corrected chi connectivity index (χ1v) is 10.1. The third-order valence-electron chi connectivity index (χ3n) is 4.54. The van der Waals surface area contributed by atoms with Crippen LogP contribution in [-0.2, 0) is 11.3 Å². The largest absolute Gasteiger partial charge is 0.489 e. The second kappa shape index (κ2) is 9.29. The topological polar surface area (TPSA) is 64.2 Å². The van der Waals surface area contributed by atoms with Crippen LogP contribution in [0, 0.1) is 11.3 Å². The molecule has 4 rings (SSSR count). The summed E-state index contributed by atoms with van der Waals surface area (Å²) >= 11 is 1.63. The number of esters is 1. The second-order valence-electron chi connectivity index (χ2n) is 6.39. The van der Waals surface area contributed by atoms with Gasteiger partial charge >= 0.3 is 5.97 Å². The third kappa shape index (κ3) is 4.22. The normalized spacial score (nSPS) is 10.3. The number of aromatic nitrogens is 1. The van der Waals surface area contributed by atoms with Crippen molar-refractivity contribution in [1.82, 2.24) is 4.57 Å². The van der Waals surface area contributed by atoms with E-state index in [0.29, 0.717) is 24.3 Å². The maximum atomic E-state index is 11.9. The molecule has 0 aliphatic carbocycles. The number of benzene rings is 2. The molecule has 0 radical (unpaired) electrons. The van der Waals surface area contributed by atoms with Gasteiger partial charge in [-0.3, -0.25) is 0 Å². The van der Waals surface area contributed by atoms with Crippen molar-refractivity contribution in [3.05, 3.63) is 82.2 Å². The quantitative estimate of drug-likeness (QED) is 0.363. The van der Waals surface area contributed by atoms with E-state index >= 15 is 0 Å². The van der Waals surface area contributed by atoms with Gasteiger partial charge in [0.2, 0.25) is 0 Å². The predicted molar refractivity (Wildman–Crippen MR) is 119 cm³/mol. The van der Waals surface area contributed by atoms with Crippen LogP contribution < -0.4 is 4.74 Å². The molecule has 0 fully saturated rings. The molecular formula is C24H22N2O3S. The summed E-state index contributed by atoms with van der Waals surface area (Å²) in [5.41, 5.74) is 3.94. The Kier molecular flexibility index (Phi) is 6.55. The van der Waals surface area contributed by atoms with Crippen LogP contribution in [0.1, 0.15) is 35.8 Å². The monoisotopic (exact) mass is 418 g/mol. The number of carbonyl (C=O) groups is 1. The van der Waals surface area contributed by atoms with Gasteiger partial charge in [0.25, 0.3) is 0 Å². The fourth-order valence-electron chi connectivity index (χ4n) is 3.12. The van der Waals surface area contributed by atoms with E-state index in [4.69, 9.17) is 9.47 Å². The van der Waals surface area contributed by atoms with Gasteiger partial charge in [-0.1, -0.05) is 7.43 Å². The van der Waals surface area contributed by atoms with Gasteiger partial charge in [-0.15, -0.1) is 0 Å². The van der Waals surface area contributed by atoms with Crippen LogP contribution in [0.15, 0.2) is 65.5 Å². The number of thiophene rings is 1. The van der Waals surface area contributed by atoms with Gasteiger partial charge in [0.05, 0.1) is 23.3 Å². The van der Waals surface area contributed by atoms with Crippen LogP contribution in [0.4, 0.5) is 0 Å². The Hall–Kier alpha value is -3.56. The summed E-state index contributed by atoms with van der Waals surface area (Å²) in [4.78, 5) is 11.9. The van der Waals surface area contributed by atoms with Crippen LogP contribution >= 0.6 is 11.3 Å². The zero-order chi connectivity index (χ0) is 20.2. The Morgan fingerprint density at radius 2 is 1.97 bits per heavy atom. The van der Waals surface area contributed by atoms with E-state index in [9.17, 15) is 10.1 Å². The van der Waals surface area contributed by atoms with E-state index < -0.39 is 0 Å². The zero-order valence-corrected chi connectivity index (χ0v) is 16.6. The summed E-state index contributed by atoms with van der Waals surface area (Å²) in [7, 11) is 0.